The van der Waals surface area contributed by atoms with Crippen LogP contribution in [0.15, 0.2) is 42.7 Å². The van der Waals surface area contributed by atoms with E-state index in [4.69, 9.17) is 17.3 Å². The molecule has 3 nitrogen and oxygen atoms in total. The van der Waals surface area contributed by atoms with Gasteiger partial charge >= 0.3 is 0 Å². The van der Waals surface area contributed by atoms with E-state index in [0.29, 0.717) is 5.02 Å². The minimum absolute atomic E-state index is 0.0756. The molecule has 18 heavy (non-hydrogen) atoms. The van der Waals surface area contributed by atoms with E-state index in [1.54, 1.807) is 12.4 Å². The van der Waals surface area contributed by atoms with Crippen molar-refractivity contribution in [2.24, 2.45) is 5.73 Å². The van der Waals surface area contributed by atoms with Gasteiger partial charge in [0.25, 0.3) is 0 Å². The summed E-state index contributed by atoms with van der Waals surface area (Å²) in [7, 11) is 0. The van der Waals surface area contributed by atoms with Crippen molar-refractivity contribution < 1.29 is 0 Å². The number of anilines is 1. The summed E-state index contributed by atoms with van der Waals surface area (Å²) in [5.74, 6) is 0. The highest BCUT2D eigenvalue weighted by molar-refractivity contribution is 6.33. The lowest BCUT2D eigenvalue weighted by molar-refractivity contribution is 0.626. The zero-order valence-electron chi connectivity index (χ0n) is 9.81. The maximum atomic E-state index is 6.21. The summed E-state index contributed by atoms with van der Waals surface area (Å²) in [6, 6.07) is 10.4. The van der Waals surface area contributed by atoms with E-state index in [-0.39, 0.29) is 12.1 Å². The highest BCUT2D eigenvalue weighted by Crippen LogP contribution is 2.34. The fourth-order valence-electron chi connectivity index (χ4n) is 2.47. The highest BCUT2D eigenvalue weighted by atomic mass is 35.5. The van der Waals surface area contributed by atoms with E-state index in [2.05, 4.69) is 22.4 Å². The van der Waals surface area contributed by atoms with Crippen LogP contribution in [-0.4, -0.2) is 11.0 Å². The number of aromatic nitrogens is 1. The molecular formula is C14H14ClN3. The molecule has 0 radical (unpaired) electrons. The molecule has 92 valence electrons. The molecule has 1 aliphatic rings. The van der Waals surface area contributed by atoms with Gasteiger partial charge in [0.2, 0.25) is 0 Å². The number of pyridine rings is 1. The van der Waals surface area contributed by atoms with Crippen molar-refractivity contribution in [3.8, 4) is 0 Å². The van der Waals surface area contributed by atoms with Crippen LogP contribution in [-0.2, 0) is 6.42 Å². The van der Waals surface area contributed by atoms with Crippen LogP contribution in [0.3, 0.4) is 0 Å². The largest absolute Gasteiger partial charge is 0.375 e. The van der Waals surface area contributed by atoms with Crippen molar-refractivity contribution in [2.75, 3.05) is 5.32 Å². The second-order valence-corrected chi connectivity index (χ2v) is 4.95. The van der Waals surface area contributed by atoms with Crippen molar-refractivity contribution in [1.82, 2.24) is 4.98 Å². The van der Waals surface area contributed by atoms with Crippen molar-refractivity contribution in [3.05, 3.63) is 58.9 Å². The van der Waals surface area contributed by atoms with Crippen LogP contribution in [0.25, 0.3) is 0 Å². The van der Waals surface area contributed by atoms with Crippen LogP contribution < -0.4 is 11.1 Å². The summed E-state index contributed by atoms with van der Waals surface area (Å²) >= 11 is 6.11. The summed E-state index contributed by atoms with van der Waals surface area (Å²) in [5, 5.41) is 4.04. The Morgan fingerprint density at radius 2 is 2.11 bits per heavy atom. The van der Waals surface area contributed by atoms with E-state index in [1.165, 1.54) is 11.1 Å². The Balaban J connectivity index is 1.92. The van der Waals surface area contributed by atoms with E-state index in [1.807, 2.05) is 18.2 Å². The van der Waals surface area contributed by atoms with E-state index < -0.39 is 0 Å². The molecule has 0 spiro atoms. The van der Waals surface area contributed by atoms with Crippen LogP contribution in [0.1, 0.15) is 17.2 Å². The number of nitrogens with one attached hydrogen (secondary N) is 1. The third-order valence-corrected chi connectivity index (χ3v) is 3.66. The topological polar surface area (TPSA) is 50.9 Å². The monoisotopic (exact) mass is 259 g/mol. The van der Waals surface area contributed by atoms with Crippen LogP contribution in [0.4, 0.5) is 5.69 Å². The number of fused-ring (bicyclic) bond motifs is 1. The van der Waals surface area contributed by atoms with Gasteiger partial charge in [-0.2, -0.15) is 0 Å². The molecule has 4 heteroatoms. The number of benzene rings is 1. The highest BCUT2D eigenvalue weighted by Gasteiger charge is 2.29. The molecule has 1 aromatic carbocycles. The minimum atomic E-state index is 0.0756. The quantitative estimate of drug-likeness (QED) is 0.872. The molecule has 3 rings (SSSR count). The van der Waals surface area contributed by atoms with Gasteiger partial charge in [-0.3, -0.25) is 4.98 Å². The van der Waals surface area contributed by atoms with Crippen LogP contribution in [0.5, 0.6) is 0 Å². The molecule has 2 unspecified atom stereocenters. The van der Waals surface area contributed by atoms with Crippen molar-refractivity contribution >= 4 is 17.3 Å². The van der Waals surface area contributed by atoms with E-state index in [0.717, 1.165) is 12.1 Å². The average molecular weight is 260 g/mol. The third-order valence-electron chi connectivity index (χ3n) is 3.36. The van der Waals surface area contributed by atoms with Gasteiger partial charge in [0, 0.05) is 18.4 Å². The molecule has 0 bridgehead atoms. The first kappa shape index (κ1) is 11.5. The molecule has 0 saturated carbocycles. The standard InChI is InChI=1S/C14H14ClN3/c15-11-8-17-6-5-13(11)18-14-10-4-2-1-3-9(10)7-12(14)16/h1-6,8,12,14H,7,16H2,(H,17,18). The molecule has 3 N–H and O–H groups in total. The van der Waals surface area contributed by atoms with Crippen LogP contribution in [0.2, 0.25) is 5.02 Å². The van der Waals surface area contributed by atoms with Crippen LogP contribution in [0, 0.1) is 0 Å². The Morgan fingerprint density at radius 3 is 2.94 bits per heavy atom. The molecule has 0 aliphatic heterocycles. The first-order valence-corrected chi connectivity index (χ1v) is 6.33. The average Bonchev–Trinajstić information content (AvgIpc) is 2.69. The number of hydrogen-bond acceptors (Lipinski definition) is 3. The molecule has 0 amide bonds. The molecule has 1 aromatic heterocycles. The zero-order chi connectivity index (χ0) is 12.5. The third kappa shape index (κ3) is 1.96. The number of nitrogens with zero attached hydrogens (tertiary/aromatic N) is 1. The molecule has 1 heterocycles. The van der Waals surface area contributed by atoms with E-state index >= 15 is 0 Å². The van der Waals surface area contributed by atoms with Gasteiger partial charge in [-0.25, -0.2) is 0 Å². The van der Waals surface area contributed by atoms with Crippen molar-refractivity contribution in [3.63, 3.8) is 0 Å². The van der Waals surface area contributed by atoms with Crippen LogP contribution >= 0.6 is 11.6 Å². The first-order valence-electron chi connectivity index (χ1n) is 5.95. The Hall–Kier alpha value is -1.58. The summed E-state index contributed by atoms with van der Waals surface area (Å²) < 4.78 is 0. The predicted molar refractivity (Wildman–Crippen MR) is 73.7 cm³/mol. The number of hydrogen-bond donors (Lipinski definition) is 2. The Bertz CT molecular complexity index is 570. The summed E-state index contributed by atoms with van der Waals surface area (Å²) in [5.41, 5.74) is 9.66. The lowest BCUT2D eigenvalue weighted by atomic mass is 10.1. The molecule has 0 saturated heterocycles. The van der Waals surface area contributed by atoms with Crippen molar-refractivity contribution in [2.45, 2.75) is 18.5 Å². The van der Waals surface area contributed by atoms with Gasteiger partial charge < -0.3 is 11.1 Å². The SMILES string of the molecule is NC1Cc2ccccc2C1Nc1ccncc1Cl. The lowest BCUT2D eigenvalue weighted by Gasteiger charge is -2.20. The summed E-state index contributed by atoms with van der Waals surface area (Å²) in [6.07, 6.45) is 4.26. The van der Waals surface area contributed by atoms with Gasteiger partial charge in [0.1, 0.15) is 0 Å². The molecule has 2 aromatic rings. The maximum Gasteiger partial charge on any atom is 0.0820 e. The van der Waals surface area contributed by atoms with E-state index in [9.17, 15) is 0 Å². The molecule has 2 atom stereocenters. The molecular weight excluding hydrogens is 246 g/mol. The molecule has 0 fully saturated rings. The van der Waals surface area contributed by atoms with Gasteiger partial charge in [-0.15, -0.1) is 0 Å². The normalized spacial score (nSPS) is 21.7. The number of nitrogens with two attached hydrogens (primary N) is 1. The number of halogens is 1. The Kier molecular flexibility index (Phi) is 2.94. The Morgan fingerprint density at radius 1 is 1.28 bits per heavy atom. The van der Waals surface area contributed by atoms with Crippen molar-refractivity contribution in [1.29, 1.82) is 0 Å². The fourth-order valence-corrected chi connectivity index (χ4v) is 2.64. The predicted octanol–water partition coefficient (Wildman–Crippen LogP) is 2.77. The zero-order valence-corrected chi connectivity index (χ0v) is 10.6. The second-order valence-electron chi connectivity index (χ2n) is 4.54. The van der Waals surface area contributed by atoms with Gasteiger partial charge in [-0.1, -0.05) is 35.9 Å². The van der Waals surface area contributed by atoms with Gasteiger partial charge in [-0.05, 0) is 23.6 Å². The molecule has 1 aliphatic carbocycles. The minimum Gasteiger partial charge on any atom is -0.375 e. The second kappa shape index (κ2) is 4.59. The summed E-state index contributed by atoms with van der Waals surface area (Å²) in [4.78, 5) is 3.98. The maximum absolute atomic E-state index is 6.21. The smallest absolute Gasteiger partial charge is 0.0820 e. The lowest BCUT2D eigenvalue weighted by Crippen LogP contribution is -2.30. The number of rotatable bonds is 2. The first-order chi connectivity index (χ1) is 8.75. The van der Waals surface area contributed by atoms with Gasteiger partial charge in [0.15, 0.2) is 0 Å². The van der Waals surface area contributed by atoms with Gasteiger partial charge in [0.05, 0.1) is 16.8 Å². The Labute approximate surface area is 111 Å². The summed E-state index contributed by atoms with van der Waals surface area (Å²) in [6.45, 7) is 0. The fraction of sp³-hybridized carbons (Fsp3) is 0.214.